The maximum Gasteiger partial charge on any atom is 0.257 e. The van der Waals surface area contributed by atoms with Crippen LogP contribution in [-0.2, 0) is 0 Å². The maximum atomic E-state index is 13.3. The number of anilines is 2. The highest BCUT2D eigenvalue weighted by Gasteiger charge is 2.14. The van der Waals surface area contributed by atoms with Gasteiger partial charge in [0, 0.05) is 21.7 Å². The Bertz CT molecular complexity index is 679. The Labute approximate surface area is 135 Å². The Balaban J connectivity index is 2.31. The second-order valence-electron chi connectivity index (χ2n) is 4.30. The fourth-order valence-electron chi connectivity index (χ4n) is 1.83. The summed E-state index contributed by atoms with van der Waals surface area (Å²) in [5, 5.41) is 6.22. The smallest absolute Gasteiger partial charge is 0.257 e. The van der Waals surface area contributed by atoms with Gasteiger partial charge in [0.25, 0.3) is 5.91 Å². The van der Waals surface area contributed by atoms with Crippen molar-refractivity contribution in [2.75, 3.05) is 17.2 Å². The number of halogens is 3. The molecule has 0 atom stereocenters. The van der Waals surface area contributed by atoms with E-state index >= 15 is 0 Å². The third-order valence-electron chi connectivity index (χ3n) is 2.77. The summed E-state index contributed by atoms with van der Waals surface area (Å²) in [7, 11) is 0. The van der Waals surface area contributed by atoms with Crippen molar-refractivity contribution in [3.8, 4) is 0 Å². The van der Waals surface area contributed by atoms with Crippen molar-refractivity contribution in [1.29, 1.82) is 0 Å². The zero-order valence-electron chi connectivity index (χ0n) is 11.2. The third-order valence-corrected chi connectivity index (χ3v) is 3.70. The third kappa shape index (κ3) is 3.95. The predicted octanol–water partition coefficient (Wildman–Crippen LogP) is 4.93. The number of nitrogens with one attached hydrogen (secondary N) is 2. The molecule has 0 aromatic heterocycles. The average molecular weight is 372 g/mol. The molecule has 6 heteroatoms. The molecular weight excluding hydrogens is 359 g/mol. The van der Waals surface area contributed by atoms with Crippen molar-refractivity contribution in [1.82, 2.24) is 0 Å². The van der Waals surface area contributed by atoms with E-state index in [1.807, 2.05) is 6.92 Å². The monoisotopic (exact) mass is 370 g/mol. The van der Waals surface area contributed by atoms with E-state index in [4.69, 9.17) is 11.6 Å². The van der Waals surface area contributed by atoms with Gasteiger partial charge in [0.2, 0.25) is 0 Å². The molecule has 0 unspecified atom stereocenters. The van der Waals surface area contributed by atoms with Crippen LogP contribution in [0.25, 0.3) is 0 Å². The van der Waals surface area contributed by atoms with Crippen molar-refractivity contribution in [3.05, 3.63) is 57.3 Å². The zero-order valence-corrected chi connectivity index (χ0v) is 13.6. The molecule has 2 rings (SSSR count). The molecular formula is C15H13BrClFN2O. The van der Waals surface area contributed by atoms with Gasteiger partial charge in [-0.15, -0.1) is 0 Å². The van der Waals surface area contributed by atoms with E-state index in [9.17, 15) is 9.18 Å². The first-order valence-corrected chi connectivity index (χ1v) is 7.48. The summed E-state index contributed by atoms with van der Waals surface area (Å²) < 4.78 is 13.9. The van der Waals surface area contributed by atoms with Crippen LogP contribution in [0.5, 0.6) is 0 Å². The number of carbonyl (C=O) groups is 1. The first-order chi connectivity index (χ1) is 10.0. The van der Waals surface area contributed by atoms with Gasteiger partial charge in [-0.2, -0.15) is 0 Å². The Kier molecular flexibility index (Phi) is 5.20. The number of hydrogen-bond donors (Lipinski definition) is 2. The summed E-state index contributed by atoms with van der Waals surface area (Å²) in [5.74, 6) is -0.786. The van der Waals surface area contributed by atoms with Crippen molar-refractivity contribution >= 4 is 44.8 Å². The summed E-state index contributed by atoms with van der Waals surface area (Å²) in [6.45, 7) is 2.60. The van der Waals surface area contributed by atoms with Crippen LogP contribution < -0.4 is 10.6 Å². The van der Waals surface area contributed by atoms with E-state index in [0.717, 1.165) is 0 Å². The molecule has 0 aliphatic carbocycles. The Hall–Kier alpha value is -1.59. The molecule has 21 heavy (non-hydrogen) atoms. The van der Waals surface area contributed by atoms with Gasteiger partial charge in [-0.25, -0.2) is 4.39 Å². The SMILES string of the molecule is CCNc1ccc(Cl)cc1C(=O)Nc1cc(F)ccc1Br. The van der Waals surface area contributed by atoms with Gasteiger partial charge in [-0.1, -0.05) is 11.6 Å². The Morgan fingerprint density at radius 1 is 1.24 bits per heavy atom. The summed E-state index contributed by atoms with van der Waals surface area (Å²) in [6.07, 6.45) is 0. The minimum Gasteiger partial charge on any atom is -0.385 e. The summed E-state index contributed by atoms with van der Waals surface area (Å²) in [4.78, 5) is 12.4. The first-order valence-electron chi connectivity index (χ1n) is 6.31. The van der Waals surface area contributed by atoms with Gasteiger partial charge >= 0.3 is 0 Å². The number of amides is 1. The van der Waals surface area contributed by atoms with Crippen LogP contribution in [0.2, 0.25) is 5.02 Å². The van der Waals surface area contributed by atoms with Crippen LogP contribution in [0.3, 0.4) is 0 Å². The topological polar surface area (TPSA) is 41.1 Å². The Morgan fingerprint density at radius 2 is 2.00 bits per heavy atom. The molecule has 0 bridgehead atoms. The van der Waals surface area contributed by atoms with Crippen molar-refractivity contribution in [3.63, 3.8) is 0 Å². The van der Waals surface area contributed by atoms with Crippen molar-refractivity contribution in [2.24, 2.45) is 0 Å². The molecule has 2 aromatic carbocycles. The van der Waals surface area contributed by atoms with Crippen LogP contribution in [0.15, 0.2) is 40.9 Å². The molecule has 0 saturated carbocycles. The molecule has 3 nitrogen and oxygen atoms in total. The van der Waals surface area contributed by atoms with Gasteiger partial charge in [0.1, 0.15) is 5.82 Å². The van der Waals surface area contributed by atoms with E-state index in [1.165, 1.54) is 18.2 Å². The fraction of sp³-hybridized carbons (Fsp3) is 0.133. The molecule has 2 N–H and O–H groups in total. The lowest BCUT2D eigenvalue weighted by Crippen LogP contribution is -2.15. The number of rotatable bonds is 4. The highest BCUT2D eigenvalue weighted by atomic mass is 79.9. The van der Waals surface area contributed by atoms with Gasteiger partial charge in [0.05, 0.1) is 11.3 Å². The second kappa shape index (κ2) is 6.91. The van der Waals surface area contributed by atoms with Crippen LogP contribution in [0.1, 0.15) is 17.3 Å². The van der Waals surface area contributed by atoms with Crippen LogP contribution in [-0.4, -0.2) is 12.5 Å². The minimum atomic E-state index is -0.425. The molecule has 0 radical (unpaired) electrons. The molecule has 0 aliphatic heterocycles. The zero-order chi connectivity index (χ0) is 15.4. The second-order valence-corrected chi connectivity index (χ2v) is 5.59. The molecule has 0 heterocycles. The van der Waals surface area contributed by atoms with Crippen LogP contribution >= 0.6 is 27.5 Å². The normalized spacial score (nSPS) is 10.3. The number of hydrogen-bond acceptors (Lipinski definition) is 2. The highest BCUT2D eigenvalue weighted by molar-refractivity contribution is 9.10. The lowest BCUT2D eigenvalue weighted by atomic mass is 10.1. The molecule has 110 valence electrons. The predicted molar refractivity (Wildman–Crippen MR) is 87.7 cm³/mol. The maximum absolute atomic E-state index is 13.3. The molecule has 0 spiro atoms. The van der Waals surface area contributed by atoms with Crippen molar-refractivity contribution in [2.45, 2.75) is 6.92 Å². The summed E-state index contributed by atoms with van der Waals surface area (Å²) in [6, 6.07) is 9.11. The summed E-state index contributed by atoms with van der Waals surface area (Å²) in [5.41, 5.74) is 1.44. The molecule has 2 aromatic rings. The largest absolute Gasteiger partial charge is 0.385 e. The molecule has 0 saturated heterocycles. The van der Waals surface area contributed by atoms with E-state index in [-0.39, 0.29) is 5.91 Å². The standard InChI is InChI=1S/C15H13BrClFN2O/c1-2-19-13-6-3-9(17)7-11(13)15(21)20-14-8-10(18)4-5-12(14)16/h3-8,19H,2H2,1H3,(H,20,21). The molecule has 0 fully saturated rings. The van der Waals surface area contributed by atoms with E-state index in [0.29, 0.717) is 33.0 Å². The summed E-state index contributed by atoms with van der Waals surface area (Å²) >= 11 is 9.22. The van der Waals surface area contributed by atoms with Gasteiger partial charge < -0.3 is 10.6 Å². The average Bonchev–Trinajstić information content (AvgIpc) is 2.45. The van der Waals surface area contributed by atoms with E-state index < -0.39 is 5.82 Å². The van der Waals surface area contributed by atoms with Gasteiger partial charge in [-0.05, 0) is 59.3 Å². The van der Waals surface area contributed by atoms with E-state index in [1.54, 1.807) is 18.2 Å². The lowest BCUT2D eigenvalue weighted by Gasteiger charge is -2.12. The Morgan fingerprint density at radius 3 is 2.71 bits per heavy atom. The lowest BCUT2D eigenvalue weighted by molar-refractivity contribution is 0.102. The molecule has 1 amide bonds. The quantitative estimate of drug-likeness (QED) is 0.800. The fourth-order valence-corrected chi connectivity index (χ4v) is 2.35. The number of carbonyl (C=O) groups excluding carboxylic acids is 1. The van der Waals surface area contributed by atoms with E-state index in [2.05, 4.69) is 26.6 Å². The van der Waals surface area contributed by atoms with Crippen LogP contribution in [0, 0.1) is 5.82 Å². The highest BCUT2D eigenvalue weighted by Crippen LogP contribution is 2.26. The van der Waals surface area contributed by atoms with Crippen LogP contribution in [0.4, 0.5) is 15.8 Å². The molecule has 0 aliphatic rings. The number of benzene rings is 2. The van der Waals surface area contributed by atoms with Gasteiger partial charge in [-0.3, -0.25) is 4.79 Å². The van der Waals surface area contributed by atoms with Crippen molar-refractivity contribution < 1.29 is 9.18 Å². The first kappa shape index (κ1) is 15.8. The minimum absolute atomic E-state index is 0.361. The van der Waals surface area contributed by atoms with Gasteiger partial charge in [0.15, 0.2) is 0 Å².